The molecule has 19 heavy (non-hydrogen) atoms. The molecule has 0 aliphatic heterocycles. The van der Waals surface area contributed by atoms with Crippen LogP contribution in [0.1, 0.15) is 21.7 Å². The van der Waals surface area contributed by atoms with E-state index in [0.717, 1.165) is 11.8 Å². The van der Waals surface area contributed by atoms with Gasteiger partial charge in [0.15, 0.2) is 5.82 Å². The first kappa shape index (κ1) is 12.9. The van der Waals surface area contributed by atoms with Crippen molar-refractivity contribution in [1.29, 1.82) is 0 Å². The van der Waals surface area contributed by atoms with Crippen LogP contribution in [0.3, 0.4) is 0 Å². The van der Waals surface area contributed by atoms with Crippen molar-refractivity contribution in [2.75, 3.05) is 5.32 Å². The van der Waals surface area contributed by atoms with E-state index in [4.69, 9.17) is 5.11 Å². The number of carbonyl (C=O) groups is 1. The van der Waals surface area contributed by atoms with Gasteiger partial charge in [-0.2, -0.15) is 0 Å². The molecule has 5 nitrogen and oxygen atoms in total. The minimum Gasteiger partial charge on any atom is -0.478 e. The Morgan fingerprint density at radius 1 is 1.37 bits per heavy atom. The first-order chi connectivity index (χ1) is 8.97. The monoisotopic (exact) mass is 261 g/mol. The molecular weight excluding hydrogens is 249 g/mol. The van der Waals surface area contributed by atoms with E-state index in [1.807, 2.05) is 0 Å². The molecular formula is C13H12FN3O2. The summed E-state index contributed by atoms with van der Waals surface area (Å²) in [5, 5.41) is 11.7. The summed E-state index contributed by atoms with van der Waals surface area (Å²) in [6, 6.07) is 3.81. The van der Waals surface area contributed by atoms with Crippen LogP contribution >= 0.6 is 0 Å². The number of aromatic carboxylic acids is 1. The number of aromatic nitrogens is 2. The molecule has 2 aromatic rings. The quantitative estimate of drug-likeness (QED) is 0.888. The topological polar surface area (TPSA) is 75.1 Å². The predicted octanol–water partition coefficient (Wildman–Crippen LogP) is 2.67. The second kappa shape index (κ2) is 5.01. The fourth-order valence-corrected chi connectivity index (χ4v) is 1.56. The van der Waals surface area contributed by atoms with Crippen LogP contribution in [0.4, 0.5) is 15.9 Å². The second-order valence-corrected chi connectivity index (χ2v) is 4.07. The number of hydrogen-bond donors (Lipinski definition) is 2. The van der Waals surface area contributed by atoms with Crippen molar-refractivity contribution in [2.24, 2.45) is 0 Å². The molecule has 0 atom stereocenters. The van der Waals surface area contributed by atoms with Crippen LogP contribution in [0.5, 0.6) is 0 Å². The van der Waals surface area contributed by atoms with Gasteiger partial charge in [-0.25, -0.2) is 14.2 Å². The second-order valence-electron chi connectivity index (χ2n) is 4.07. The largest absolute Gasteiger partial charge is 0.478 e. The molecule has 1 aromatic heterocycles. The minimum atomic E-state index is -1.30. The summed E-state index contributed by atoms with van der Waals surface area (Å²) in [5.41, 5.74) is 1.46. The van der Waals surface area contributed by atoms with Gasteiger partial charge in [-0.1, -0.05) is 0 Å². The molecule has 0 saturated heterocycles. The number of benzene rings is 1. The zero-order valence-corrected chi connectivity index (χ0v) is 10.4. The van der Waals surface area contributed by atoms with Crippen molar-refractivity contribution in [2.45, 2.75) is 13.8 Å². The highest BCUT2D eigenvalue weighted by Crippen LogP contribution is 2.20. The molecule has 0 radical (unpaired) electrons. The van der Waals surface area contributed by atoms with Gasteiger partial charge in [0.2, 0.25) is 0 Å². The average Bonchev–Trinajstić information content (AvgIpc) is 2.33. The number of aryl methyl sites for hydroxylation is 2. The summed E-state index contributed by atoms with van der Waals surface area (Å²) in [5.74, 6) is -1.58. The Bertz CT molecular complexity index is 644. The molecule has 2 rings (SSSR count). The Hall–Kier alpha value is -2.50. The Balaban J connectivity index is 2.31. The smallest absolute Gasteiger partial charge is 0.338 e. The summed E-state index contributed by atoms with van der Waals surface area (Å²) in [4.78, 5) is 19.1. The number of carboxylic acid groups (broad SMARTS) is 1. The van der Waals surface area contributed by atoms with Crippen LogP contribution in [0, 0.1) is 19.7 Å². The molecule has 98 valence electrons. The molecule has 0 unspecified atom stereocenters. The zero-order chi connectivity index (χ0) is 14.0. The Labute approximate surface area is 109 Å². The average molecular weight is 261 g/mol. The number of rotatable bonds is 3. The third kappa shape index (κ3) is 2.85. The van der Waals surface area contributed by atoms with E-state index < -0.39 is 11.8 Å². The van der Waals surface area contributed by atoms with Crippen molar-refractivity contribution in [3.05, 3.63) is 47.2 Å². The van der Waals surface area contributed by atoms with Crippen LogP contribution in [-0.2, 0) is 0 Å². The van der Waals surface area contributed by atoms with Gasteiger partial charge in [-0.3, -0.25) is 4.98 Å². The normalized spacial score (nSPS) is 10.3. The zero-order valence-electron chi connectivity index (χ0n) is 10.4. The number of carboxylic acids is 1. The number of halogens is 1. The molecule has 0 amide bonds. The van der Waals surface area contributed by atoms with Gasteiger partial charge in [0.25, 0.3) is 0 Å². The van der Waals surface area contributed by atoms with Gasteiger partial charge in [0.1, 0.15) is 5.82 Å². The summed E-state index contributed by atoms with van der Waals surface area (Å²) in [6.07, 6.45) is 1.63. The fourth-order valence-electron chi connectivity index (χ4n) is 1.56. The van der Waals surface area contributed by atoms with E-state index >= 15 is 0 Å². The van der Waals surface area contributed by atoms with E-state index in [2.05, 4.69) is 15.3 Å². The molecule has 0 aliphatic carbocycles. The first-order valence-corrected chi connectivity index (χ1v) is 5.57. The van der Waals surface area contributed by atoms with Gasteiger partial charge < -0.3 is 10.4 Å². The first-order valence-electron chi connectivity index (χ1n) is 5.57. The molecule has 0 bridgehead atoms. The lowest BCUT2D eigenvalue weighted by Crippen LogP contribution is -2.03. The van der Waals surface area contributed by atoms with Crippen LogP contribution < -0.4 is 5.32 Å². The maximum absolute atomic E-state index is 13.5. The maximum Gasteiger partial charge on any atom is 0.338 e. The number of nitrogens with zero attached hydrogens (tertiary/aromatic N) is 2. The Morgan fingerprint density at radius 3 is 2.74 bits per heavy atom. The van der Waals surface area contributed by atoms with Gasteiger partial charge in [0, 0.05) is 11.9 Å². The highest BCUT2D eigenvalue weighted by atomic mass is 19.1. The van der Waals surface area contributed by atoms with Crippen molar-refractivity contribution in [1.82, 2.24) is 9.97 Å². The molecule has 0 spiro atoms. The van der Waals surface area contributed by atoms with Crippen molar-refractivity contribution >= 4 is 17.5 Å². The lowest BCUT2D eigenvalue weighted by Gasteiger charge is -2.09. The third-order valence-electron chi connectivity index (χ3n) is 2.54. The fraction of sp³-hybridized carbons (Fsp3) is 0.154. The van der Waals surface area contributed by atoms with E-state index in [1.165, 1.54) is 12.1 Å². The third-order valence-corrected chi connectivity index (χ3v) is 2.54. The lowest BCUT2D eigenvalue weighted by atomic mass is 10.2. The molecule has 0 aliphatic rings. The summed E-state index contributed by atoms with van der Waals surface area (Å²) in [7, 11) is 0. The maximum atomic E-state index is 13.5. The van der Waals surface area contributed by atoms with Crippen molar-refractivity contribution in [3.63, 3.8) is 0 Å². The predicted molar refractivity (Wildman–Crippen MR) is 68.1 cm³/mol. The van der Waals surface area contributed by atoms with Crippen molar-refractivity contribution in [3.8, 4) is 0 Å². The molecule has 2 N–H and O–H groups in total. The molecule has 6 heteroatoms. The Morgan fingerprint density at radius 2 is 2.11 bits per heavy atom. The minimum absolute atomic E-state index is 0.363. The number of anilines is 2. The van der Waals surface area contributed by atoms with Gasteiger partial charge in [-0.15, -0.1) is 0 Å². The molecule has 0 saturated carbocycles. The standard InChI is InChI=1S/C13H12FN3O2/c1-7-6-15-8(2)12(16-7)17-9-3-4-10(13(18)19)11(14)5-9/h3-6H,1-2H3,(H,16,17)(H,18,19). The molecule has 1 aromatic carbocycles. The lowest BCUT2D eigenvalue weighted by molar-refractivity contribution is 0.0692. The molecule has 0 fully saturated rings. The summed E-state index contributed by atoms with van der Waals surface area (Å²) in [6.45, 7) is 3.57. The van der Waals surface area contributed by atoms with Crippen LogP contribution in [0.2, 0.25) is 0 Å². The number of hydrogen-bond acceptors (Lipinski definition) is 4. The van der Waals surface area contributed by atoms with Crippen molar-refractivity contribution < 1.29 is 14.3 Å². The molecule has 1 heterocycles. The SMILES string of the molecule is Cc1cnc(C)c(Nc2ccc(C(=O)O)c(F)c2)n1. The highest BCUT2D eigenvalue weighted by Gasteiger charge is 2.11. The van der Waals surface area contributed by atoms with Gasteiger partial charge in [0.05, 0.1) is 17.0 Å². The van der Waals surface area contributed by atoms with Crippen LogP contribution in [0.25, 0.3) is 0 Å². The Kier molecular flexibility index (Phi) is 3.41. The van der Waals surface area contributed by atoms with E-state index in [0.29, 0.717) is 17.2 Å². The van der Waals surface area contributed by atoms with E-state index in [1.54, 1.807) is 20.0 Å². The van der Waals surface area contributed by atoms with E-state index in [-0.39, 0.29) is 5.56 Å². The summed E-state index contributed by atoms with van der Waals surface area (Å²) < 4.78 is 13.5. The highest BCUT2D eigenvalue weighted by molar-refractivity contribution is 5.88. The van der Waals surface area contributed by atoms with Crippen LogP contribution in [-0.4, -0.2) is 21.0 Å². The summed E-state index contributed by atoms with van der Waals surface area (Å²) >= 11 is 0. The number of nitrogens with one attached hydrogen (secondary N) is 1. The van der Waals surface area contributed by atoms with Crippen LogP contribution in [0.15, 0.2) is 24.4 Å². The van der Waals surface area contributed by atoms with Gasteiger partial charge >= 0.3 is 5.97 Å². The van der Waals surface area contributed by atoms with E-state index in [9.17, 15) is 9.18 Å². The van der Waals surface area contributed by atoms with Gasteiger partial charge in [-0.05, 0) is 32.0 Å².